The lowest BCUT2D eigenvalue weighted by Gasteiger charge is -2.42. The molecular formula is C19H30N2. The van der Waals surface area contributed by atoms with Gasteiger partial charge in [-0.05, 0) is 43.2 Å². The van der Waals surface area contributed by atoms with Crippen LogP contribution in [-0.2, 0) is 0 Å². The van der Waals surface area contributed by atoms with Crippen molar-refractivity contribution in [2.45, 2.75) is 58.0 Å². The minimum atomic E-state index is 0.662. The smallest absolute Gasteiger partial charge is 0.0366 e. The van der Waals surface area contributed by atoms with Crippen molar-refractivity contribution in [3.05, 3.63) is 30.3 Å². The molecule has 0 bridgehead atoms. The first-order chi connectivity index (χ1) is 10.2. The van der Waals surface area contributed by atoms with Gasteiger partial charge in [0.1, 0.15) is 0 Å². The second-order valence-corrected chi connectivity index (χ2v) is 7.33. The van der Waals surface area contributed by atoms with Crippen LogP contribution in [0.4, 0.5) is 5.69 Å². The van der Waals surface area contributed by atoms with Crippen LogP contribution in [0.3, 0.4) is 0 Å². The second kappa shape index (κ2) is 6.83. The van der Waals surface area contributed by atoms with Crippen LogP contribution in [0.2, 0.25) is 0 Å². The summed E-state index contributed by atoms with van der Waals surface area (Å²) in [5.41, 5.74) is 1.39. The van der Waals surface area contributed by atoms with Gasteiger partial charge >= 0.3 is 0 Å². The van der Waals surface area contributed by atoms with Crippen molar-refractivity contribution < 1.29 is 0 Å². The summed E-state index contributed by atoms with van der Waals surface area (Å²) in [5, 5.41) is 3.96. The summed E-state index contributed by atoms with van der Waals surface area (Å²) in [4.78, 5) is 2.60. The number of anilines is 1. The number of para-hydroxylation sites is 1. The van der Waals surface area contributed by atoms with Crippen LogP contribution in [0.1, 0.15) is 46.0 Å². The highest BCUT2D eigenvalue weighted by molar-refractivity contribution is 5.46. The third-order valence-corrected chi connectivity index (χ3v) is 5.37. The standard InChI is InChI=1S/C19H30N2/c1-15(2)16-12-18(20-17-8-6-7-9-17)14-21(13-16)19-10-4-3-5-11-19/h3-5,10-11,15-18,20H,6-9,12-14H2,1-2H3. The van der Waals surface area contributed by atoms with Crippen molar-refractivity contribution in [1.29, 1.82) is 0 Å². The zero-order chi connectivity index (χ0) is 14.7. The van der Waals surface area contributed by atoms with Crippen molar-refractivity contribution in [3.63, 3.8) is 0 Å². The molecule has 1 aliphatic heterocycles. The molecule has 21 heavy (non-hydrogen) atoms. The highest BCUT2D eigenvalue weighted by atomic mass is 15.2. The zero-order valence-electron chi connectivity index (χ0n) is 13.6. The molecule has 2 heteroatoms. The van der Waals surface area contributed by atoms with Gasteiger partial charge in [-0.25, -0.2) is 0 Å². The van der Waals surface area contributed by atoms with E-state index in [0.717, 1.165) is 17.9 Å². The molecular weight excluding hydrogens is 256 g/mol. The van der Waals surface area contributed by atoms with Crippen molar-refractivity contribution in [3.8, 4) is 0 Å². The molecule has 116 valence electrons. The molecule has 1 aromatic carbocycles. The monoisotopic (exact) mass is 286 g/mol. The average molecular weight is 286 g/mol. The van der Waals surface area contributed by atoms with Crippen LogP contribution in [0.25, 0.3) is 0 Å². The summed E-state index contributed by atoms with van der Waals surface area (Å²) in [5.74, 6) is 1.57. The number of nitrogens with zero attached hydrogens (tertiary/aromatic N) is 1. The Morgan fingerprint density at radius 3 is 2.38 bits per heavy atom. The quantitative estimate of drug-likeness (QED) is 0.897. The number of rotatable bonds is 4. The lowest BCUT2D eigenvalue weighted by molar-refractivity contribution is 0.259. The predicted octanol–water partition coefficient (Wildman–Crippen LogP) is 4.07. The molecule has 1 saturated heterocycles. The first-order valence-electron chi connectivity index (χ1n) is 8.78. The Balaban J connectivity index is 1.69. The summed E-state index contributed by atoms with van der Waals surface area (Å²) in [6, 6.07) is 12.4. The third-order valence-electron chi connectivity index (χ3n) is 5.37. The van der Waals surface area contributed by atoms with Gasteiger partial charge in [0.15, 0.2) is 0 Å². The Labute approximate surface area is 129 Å². The van der Waals surface area contributed by atoms with Gasteiger partial charge in [-0.1, -0.05) is 44.9 Å². The maximum atomic E-state index is 3.96. The van der Waals surface area contributed by atoms with E-state index in [9.17, 15) is 0 Å². The third kappa shape index (κ3) is 3.79. The molecule has 2 unspecified atom stereocenters. The molecule has 1 saturated carbocycles. The van der Waals surface area contributed by atoms with Crippen LogP contribution in [0, 0.1) is 11.8 Å². The highest BCUT2D eigenvalue weighted by Gasteiger charge is 2.30. The van der Waals surface area contributed by atoms with Crippen molar-refractivity contribution >= 4 is 5.69 Å². The molecule has 0 amide bonds. The minimum absolute atomic E-state index is 0.662. The molecule has 0 aromatic heterocycles. The van der Waals surface area contributed by atoms with E-state index in [1.807, 2.05) is 0 Å². The summed E-state index contributed by atoms with van der Waals surface area (Å²) in [7, 11) is 0. The van der Waals surface area contributed by atoms with E-state index < -0.39 is 0 Å². The van der Waals surface area contributed by atoms with E-state index in [0.29, 0.717) is 6.04 Å². The summed E-state index contributed by atoms with van der Waals surface area (Å²) < 4.78 is 0. The lowest BCUT2D eigenvalue weighted by atomic mass is 9.85. The van der Waals surface area contributed by atoms with E-state index in [1.165, 1.54) is 50.9 Å². The Hall–Kier alpha value is -1.02. The summed E-state index contributed by atoms with van der Waals surface area (Å²) in [6.45, 7) is 7.14. The number of benzene rings is 1. The molecule has 3 rings (SSSR count). The second-order valence-electron chi connectivity index (χ2n) is 7.33. The topological polar surface area (TPSA) is 15.3 Å². The first-order valence-corrected chi connectivity index (χ1v) is 8.78. The van der Waals surface area contributed by atoms with E-state index in [-0.39, 0.29) is 0 Å². The predicted molar refractivity (Wildman–Crippen MR) is 90.8 cm³/mol. The van der Waals surface area contributed by atoms with Gasteiger partial charge in [-0.3, -0.25) is 0 Å². The summed E-state index contributed by atoms with van der Waals surface area (Å²) >= 11 is 0. The fourth-order valence-electron chi connectivity index (χ4n) is 4.02. The number of hydrogen-bond donors (Lipinski definition) is 1. The van der Waals surface area contributed by atoms with E-state index in [1.54, 1.807) is 0 Å². The molecule has 1 heterocycles. The normalized spacial score (nSPS) is 27.5. The molecule has 0 radical (unpaired) electrons. The van der Waals surface area contributed by atoms with Gasteiger partial charge < -0.3 is 10.2 Å². The van der Waals surface area contributed by atoms with Crippen LogP contribution in [0.5, 0.6) is 0 Å². The van der Waals surface area contributed by atoms with E-state index in [2.05, 4.69) is 54.4 Å². The molecule has 2 atom stereocenters. The summed E-state index contributed by atoms with van der Waals surface area (Å²) in [6.07, 6.45) is 6.95. The molecule has 2 nitrogen and oxygen atoms in total. The first kappa shape index (κ1) is 14.9. The minimum Gasteiger partial charge on any atom is -0.370 e. The van der Waals surface area contributed by atoms with Crippen LogP contribution in [0.15, 0.2) is 30.3 Å². The maximum absolute atomic E-state index is 3.96. The zero-order valence-corrected chi connectivity index (χ0v) is 13.6. The van der Waals surface area contributed by atoms with Crippen LogP contribution in [-0.4, -0.2) is 25.2 Å². The van der Waals surface area contributed by atoms with Crippen LogP contribution >= 0.6 is 0 Å². The number of hydrogen-bond acceptors (Lipinski definition) is 2. The van der Waals surface area contributed by atoms with Crippen molar-refractivity contribution in [1.82, 2.24) is 5.32 Å². The van der Waals surface area contributed by atoms with Crippen molar-refractivity contribution in [2.75, 3.05) is 18.0 Å². The van der Waals surface area contributed by atoms with Crippen LogP contribution < -0.4 is 10.2 Å². The molecule has 1 aromatic rings. The number of piperidine rings is 1. The molecule has 0 spiro atoms. The molecule has 1 N–H and O–H groups in total. The van der Waals surface area contributed by atoms with Gasteiger partial charge in [0.2, 0.25) is 0 Å². The largest absolute Gasteiger partial charge is 0.370 e. The Morgan fingerprint density at radius 2 is 1.71 bits per heavy atom. The Kier molecular flexibility index (Phi) is 4.84. The van der Waals surface area contributed by atoms with E-state index >= 15 is 0 Å². The van der Waals surface area contributed by atoms with Gasteiger partial charge in [0.25, 0.3) is 0 Å². The fraction of sp³-hybridized carbons (Fsp3) is 0.684. The Morgan fingerprint density at radius 1 is 1.00 bits per heavy atom. The van der Waals surface area contributed by atoms with Crippen molar-refractivity contribution in [2.24, 2.45) is 11.8 Å². The number of nitrogens with one attached hydrogen (secondary N) is 1. The van der Waals surface area contributed by atoms with Gasteiger partial charge in [-0.2, -0.15) is 0 Å². The van der Waals surface area contributed by atoms with Gasteiger partial charge in [0.05, 0.1) is 0 Å². The molecule has 2 aliphatic rings. The average Bonchev–Trinajstić information content (AvgIpc) is 3.01. The SMILES string of the molecule is CC(C)C1CC(NC2CCCC2)CN(c2ccccc2)C1. The maximum Gasteiger partial charge on any atom is 0.0366 e. The highest BCUT2D eigenvalue weighted by Crippen LogP contribution is 2.29. The van der Waals surface area contributed by atoms with Gasteiger partial charge in [-0.15, -0.1) is 0 Å². The Bertz CT molecular complexity index is 420. The van der Waals surface area contributed by atoms with E-state index in [4.69, 9.17) is 0 Å². The molecule has 1 aliphatic carbocycles. The van der Waals surface area contributed by atoms with Gasteiger partial charge in [0, 0.05) is 30.9 Å². The molecule has 2 fully saturated rings. The fourth-order valence-corrected chi connectivity index (χ4v) is 4.02. The lowest BCUT2D eigenvalue weighted by Crippen LogP contribution is -2.52.